The molecule has 2 amide bonds. The number of hydrogen-bond acceptors (Lipinski definition) is 5. The molecule has 2 N–H and O–H groups in total. The molecule has 0 saturated heterocycles. The molecule has 2 aliphatic rings. The molecule has 1 aromatic carbocycles. The summed E-state index contributed by atoms with van der Waals surface area (Å²) < 4.78 is 10.0. The second-order valence-corrected chi connectivity index (χ2v) is 7.03. The Labute approximate surface area is 152 Å². The molecule has 0 spiro atoms. The van der Waals surface area contributed by atoms with Crippen LogP contribution in [0.2, 0.25) is 0 Å². The fourth-order valence-corrected chi connectivity index (χ4v) is 4.02. The Balaban J connectivity index is 1.34. The van der Waals surface area contributed by atoms with Gasteiger partial charge in [-0.3, -0.25) is 25.2 Å². The van der Waals surface area contributed by atoms with Gasteiger partial charge in [-0.25, -0.2) is 0 Å². The Morgan fingerprint density at radius 2 is 1.85 bits per heavy atom. The van der Waals surface area contributed by atoms with Gasteiger partial charge >= 0.3 is 5.97 Å². The van der Waals surface area contributed by atoms with E-state index in [2.05, 4.69) is 10.9 Å². The number of carbonyl (C=O) groups excluding carboxylic acids is 3. The molecule has 26 heavy (non-hydrogen) atoms. The van der Waals surface area contributed by atoms with Crippen LogP contribution >= 0.6 is 0 Å². The highest BCUT2D eigenvalue weighted by Crippen LogP contribution is 2.49. The number of hydrazine groups is 1. The van der Waals surface area contributed by atoms with E-state index < -0.39 is 18.4 Å². The molecule has 3 atom stereocenters. The summed E-state index contributed by atoms with van der Waals surface area (Å²) in [5.74, 6) is 1.06. The molecule has 7 nitrogen and oxygen atoms in total. The molecule has 0 aliphatic heterocycles. The number of nitrogens with one attached hydrogen (secondary N) is 2. The Morgan fingerprint density at radius 1 is 1.08 bits per heavy atom. The van der Waals surface area contributed by atoms with Gasteiger partial charge in [0.2, 0.25) is 0 Å². The lowest BCUT2D eigenvalue weighted by atomic mass is 9.86. The minimum absolute atomic E-state index is 0.348. The summed E-state index contributed by atoms with van der Waals surface area (Å²) in [6.07, 6.45) is 5.21. The minimum Gasteiger partial charge on any atom is -0.497 e. The van der Waals surface area contributed by atoms with Crippen LogP contribution in [0.3, 0.4) is 0 Å². The van der Waals surface area contributed by atoms with Gasteiger partial charge in [-0.05, 0) is 61.3 Å². The predicted octanol–water partition coefficient (Wildman–Crippen LogP) is 1.83. The van der Waals surface area contributed by atoms with Gasteiger partial charge in [0.25, 0.3) is 11.8 Å². The van der Waals surface area contributed by atoms with E-state index in [9.17, 15) is 14.4 Å². The molecule has 0 radical (unpaired) electrons. The van der Waals surface area contributed by atoms with Gasteiger partial charge in [-0.15, -0.1) is 0 Å². The van der Waals surface area contributed by atoms with Crippen LogP contribution in [0.15, 0.2) is 24.3 Å². The first kappa shape index (κ1) is 18.2. The topological polar surface area (TPSA) is 93.7 Å². The summed E-state index contributed by atoms with van der Waals surface area (Å²) in [6, 6.07) is 6.45. The van der Waals surface area contributed by atoms with E-state index in [1.807, 2.05) is 0 Å². The summed E-state index contributed by atoms with van der Waals surface area (Å²) in [7, 11) is 1.54. The molecule has 0 aromatic heterocycles. The molecule has 0 heterocycles. The van der Waals surface area contributed by atoms with Crippen molar-refractivity contribution in [3.63, 3.8) is 0 Å². The summed E-state index contributed by atoms with van der Waals surface area (Å²) in [5, 5.41) is 0. The molecule has 3 rings (SSSR count). The molecule has 3 unspecified atom stereocenters. The number of amides is 2. The summed E-state index contributed by atoms with van der Waals surface area (Å²) in [6.45, 7) is -0.400. The van der Waals surface area contributed by atoms with E-state index in [0.29, 0.717) is 29.6 Å². The Kier molecular flexibility index (Phi) is 5.75. The van der Waals surface area contributed by atoms with Gasteiger partial charge in [0.15, 0.2) is 6.61 Å². The highest BCUT2D eigenvalue weighted by Gasteiger charge is 2.40. The van der Waals surface area contributed by atoms with E-state index >= 15 is 0 Å². The minimum atomic E-state index is -0.576. The van der Waals surface area contributed by atoms with Crippen LogP contribution < -0.4 is 15.6 Å². The van der Waals surface area contributed by atoms with E-state index in [4.69, 9.17) is 9.47 Å². The fraction of sp³-hybridized carbons (Fsp3) is 0.526. The standard InChI is InChI=1S/C19H24N2O5/c1-25-16-6-4-13(5-7-16)19(24)21-20-17(22)11-26-18(23)10-15-9-12-2-3-14(15)8-12/h4-7,12,14-15H,2-3,8-11H2,1H3,(H,20,22)(H,21,24). The van der Waals surface area contributed by atoms with Crippen molar-refractivity contribution in [1.29, 1.82) is 0 Å². The molecule has 140 valence electrons. The molecule has 2 fully saturated rings. The zero-order chi connectivity index (χ0) is 18.5. The van der Waals surface area contributed by atoms with Crippen molar-refractivity contribution in [1.82, 2.24) is 10.9 Å². The van der Waals surface area contributed by atoms with Gasteiger partial charge in [0.05, 0.1) is 7.11 Å². The van der Waals surface area contributed by atoms with Crippen LogP contribution in [0.4, 0.5) is 0 Å². The number of ether oxygens (including phenoxy) is 2. The first-order valence-electron chi connectivity index (χ1n) is 8.94. The van der Waals surface area contributed by atoms with Crippen LogP contribution in [0, 0.1) is 17.8 Å². The zero-order valence-corrected chi connectivity index (χ0v) is 14.8. The van der Waals surface area contributed by atoms with Gasteiger partial charge in [0.1, 0.15) is 5.75 Å². The van der Waals surface area contributed by atoms with Crippen molar-refractivity contribution in [3.05, 3.63) is 29.8 Å². The van der Waals surface area contributed by atoms with Crippen LogP contribution in [0.5, 0.6) is 5.75 Å². The average molecular weight is 360 g/mol. The summed E-state index contributed by atoms with van der Waals surface area (Å²) >= 11 is 0. The number of fused-ring (bicyclic) bond motifs is 2. The average Bonchev–Trinajstić information content (AvgIpc) is 3.27. The fourth-order valence-electron chi connectivity index (χ4n) is 4.02. The maximum atomic E-state index is 11.9. The Morgan fingerprint density at radius 3 is 2.46 bits per heavy atom. The van der Waals surface area contributed by atoms with Crippen molar-refractivity contribution in [3.8, 4) is 5.75 Å². The lowest BCUT2D eigenvalue weighted by Gasteiger charge is -2.20. The summed E-state index contributed by atoms with van der Waals surface area (Å²) in [5.41, 5.74) is 4.90. The predicted molar refractivity (Wildman–Crippen MR) is 93.1 cm³/mol. The van der Waals surface area contributed by atoms with Crippen molar-refractivity contribution < 1.29 is 23.9 Å². The van der Waals surface area contributed by atoms with Crippen LogP contribution in [-0.4, -0.2) is 31.5 Å². The largest absolute Gasteiger partial charge is 0.497 e. The van der Waals surface area contributed by atoms with E-state index in [1.165, 1.54) is 26.4 Å². The van der Waals surface area contributed by atoms with Gasteiger partial charge in [0, 0.05) is 12.0 Å². The summed E-state index contributed by atoms with van der Waals surface area (Å²) in [4.78, 5) is 35.5. The second-order valence-electron chi connectivity index (χ2n) is 7.03. The lowest BCUT2D eigenvalue weighted by molar-refractivity contribution is -0.150. The monoisotopic (exact) mass is 360 g/mol. The van der Waals surface area contributed by atoms with Crippen LogP contribution in [0.25, 0.3) is 0 Å². The second kappa shape index (κ2) is 8.21. The number of rotatable bonds is 6. The van der Waals surface area contributed by atoms with E-state index in [-0.39, 0.29) is 5.97 Å². The normalized spacial score (nSPS) is 23.3. The smallest absolute Gasteiger partial charge is 0.306 e. The number of esters is 1. The quantitative estimate of drug-likeness (QED) is 0.596. The number of benzene rings is 1. The molecular formula is C19H24N2O5. The highest BCUT2D eigenvalue weighted by molar-refractivity contribution is 5.95. The Hall–Kier alpha value is -2.57. The van der Waals surface area contributed by atoms with Crippen LogP contribution in [-0.2, 0) is 14.3 Å². The third-order valence-electron chi connectivity index (χ3n) is 5.35. The zero-order valence-electron chi connectivity index (χ0n) is 14.8. The molecule has 2 saturated carbocycles. The van der Waals surface area contributed by atoms with Crippen LogP contribution in [0.1, 0.15) is 42.5 Å². The number of methoxy groups -OCH3 is 1. The number of carbonyl (C=O) groups is 3. The first-order chi connectivity index (χ1) is 12.5. The number of hydrogen-bond donors (Lipinski definition) is 2. The third-order valence-corrected chi connectivity index (χ3v) is 5.35. The molecule has 2 aliphatic carbocycles. The van der Waals surface area contributed by atoms with Crippen molar-refractivity contribution in [2.45, 2.75) is 32.1 Å². The lowest BCUT2D eigenvalue weighted by Crippen LogP contribution is -2.43. The van der Waals surface area contributed by atoms with Crippen molar-refractivity contribution in [2.75, 3.05) is 13.7 Å². The molecule has 1 aromatic rings. The molecule has 2 bridgehead atoms. The van der Waals surface area contributed by atoms with Crippen molar-refractivity contribution >= 4 is 17.8 Å². The Bertz CT molecular complexity index is 673. The maximum Gasteiger partial charge on any atom is 0.306 e. The van der Waals surface area contributed by atoms with Gasteiger partial charge in [-0.1, -0.05) is 6.42 Å². The van der Waals surface area contributed by atoms with Gasteiger partial charge < -0.3 is 9.47 Å². The molecule has 7 heteroatoms. The SMILES string of the molecule is COc1ccc(C(=O)NNC(=O)COC(=O)CC2CC3CCC2C3)cc1. The first-order valence-corrected chi connectivity index (χ1v) is 8.94. The third kappa shape index (κ3) is 4.53. The van der Waals surface area contributed by atoms with Gasteiger partial charge in [-0.2, -0.15) is 0 Å². The molecular weight excluding hydrogens is 336 g/mol. The highest BCUT2D eigenvalue weighted by atomic mass is 16.5. The van der Waals surface area contributed by atoms with E-state index in [1.54, 1.807) is 24.3 Å². The maximum absolute atomic E-state index is 11.9. The van der Waals surface area contributed by atoms with E-state index in [0.717, 1.165) is 12.3 Å². The van der Waals surface area contributed by atoms with Crippen molar-refractivity contribution in [2.24, 2.45) is 17.8 Å².